The number of pyridine rings is 1. The predicted molar refractivity (Wildman–Crippen MR) is 129 cm³/mol. The van der Waals surface area contributed by atoms with Gasteiger partial charge in [0.1, 0.15) is 17.2 Å². The molecular formula is C22H22F3N7O3S. The van der Waals surface area contributed by atoms with E-state index in [2.05, 4.69) is 30.9 Å². The third-order valence-corrected chi connectivity index (χ3v) is 6.59. The van der Waals surface area contributed by atoms with Crippen molar-refractivity contribution in [1.29, 1.82) is 0 Å². The molecule has 0 saturated heterocycles. The van der Waals surface area contributed by atoms with Gasteiger partial charge in [-0.2, -0.15) is 18.2 Å². The Morgan fingerprint density at radius 2 is 1.92 bits per heavy atom. The lowest BCUT2D eigenvalue weighted by Gasteiger charge is -2.20. The van der Waals surface area contributed by atoms with Crippen LogP contribution in [0.25, 0.3) is 0 Å². The Bertz CT molecular complexity index is 1450. The number of nitrogens with one attached hydrogen (secondary N) is 3. The summed E-state index contributed by atoms with van der Waals surface area (Å²) in [5, 5.41) is 8.20. The molecule has 0 saturated carbocycles. The van der Waals surface area contributed by atoms with Crippen LogP contribution in [0.15, 0.2) is 36.5 Å². The first-order chi connectivity index (χ1) is 16.8. The molecule has 0 spiro atoms. The number of halogens is 3. The number of hydrogen-bond donors (Lipinski definition) is 3. The second kappa shape index (κ2) is 9.26. The van der Waals surface area contributed by atoms with Gasteiger partial charge in [0.25, 0.3) is 0 Å². The maximum atomic E-state index is 13.7. The molecular weight excluding hydrogens is 499 g/mol. The fraction of sp³-hybridized carbons (Fsp3) is 0.273. The van der Waals surface area contributed by atoms with Crippen molar-refractivity contribution in [3.63, 3.8) is 0 Å². The van der Waals surface area contributed by atoms with E-state index in [0.717, 1.165) is 16.1 Å². The molecule has 1 amide bonds. The summed E-state index contributed by atoms with van der Waals surface area (Å²) in [6, 6.07) is 8.22. The number of aromatic nitrogens is 3. The second-order valence-electron chi connectivity index (χ2n) is 8.19. The number of alkyl halides is 3. The fourth-order valence-corrected chi connectivity index (χ4v) is 4.01. The van der Waals surface area contributed by atoms with Crippen LogP contribution in [0.4, 0.5) is 42.1 Å². The van der Waals surface area contributed by atoms with Gasteiger partial charge in [-0.1, -0.05) is 6.07 Å². The van der Waals surface area contributed by atoms with E-state index in [1.807, 2.05) is 0 Å². The van der Waals surface area contributed by atoms with Gasteiger partial charge < -0.3 is 16.0 Å². The molecule has 1 aliphatic heterocycles. The zero-order valence-electron chi connectivity index (χ0n) is 19.4. The molecule has 190 valence electrons. The van der Waals surface area contributed by atoms with Crippen molar-refractivity contribution in [3.8, 4) is 0 Å². The van der Waals surface area contributed by atoms with E-state index < -0.39 is 27.6 Å². The SMILES string of the molecule is Cc1ccc(CNc2nc(Nc3ccc4c(c3)CC(=O)N4)ncc2C(F)(F)F)c(N(C)S(C)(=O)=O)n1. The van der Waals surface area contributed by atoms with Crippen LogP contribution >= 0.6 is 0 Å². The highest BCUT2D eigenvalue weighted by Gasteiger charge is 2.35. The van der Waals surface area contributed by atoms with Crippen molar-refractivity contribution in [1.82, 2.24) is 15.0 Å². The minimum absolute atomic E-state index is 0.0901. The first-order valence-corrected chi connectivity index (χ1v) is 12.4. The smallest absolute Gasteiger partial charge is 0.365 e. The number of benzene rings is 1. The van der Waals surface area contributed by atoms with E-state index in [1.165, 1.54) is 7.05 Å². The summed E-state index contributed by atoms with van der Waals surface area (Å²) >= 11 is 0. The highest BCUT2D eigenvalue weighted by atomic mass is 32.2. The lowest BCUT2D eigenvalue weighted by atomic mass is 10.1. The third kappa shape index (κ3) is 5.48. The molecule has 0 bridgehead atoms. The Morgan fingerprint density at radius 1 is 1.17 bits per heavy atom. The quantitative estimate of drug-likeness (QED) is 0.431. The van der Waals surface area contributed by atoms with Gasteiger partial charge in [-0.05, 0) is 36.8 Å². The summed E-state index contributed by atoms with van der Waals surface area (Å²) in [4.78, 5) is 23.6. The molecule has 3 heterocycles. The molecule has 3 aromatic rings. The monoisotopic (exact) mass is 521 g/mol. The van der Waals surface area contributed by atoms with Gasteiger partial charge in [-0.15, -0.1) is 0 Å². The minimum Gasteiger partial charge on any atom is -0.365 e. The molecule has 2 aromatic heterocycles. The summed E-state index contributed by atoms with van der Waals surface area (Å²) < 4.78 is 66.0. The number of carbonyl (C=O) groups excluding carboxylic acids is 1. The number of amides is 1. The van der Waals surface area contributed by atoms with Gasteiger partial charge in [-0.25, -0.2) is 18.4 Å². The van der Waals surface area contributed by atoms with Crippen molar-refractivity contribution in [2.75, 3.05) is 33.6 Å². The van der Waals surface area contributed by atoms with E-state index in [0.29, 0.717) is 28.8 Å². The molecule has 0 aliphatic carbocycles. The van der Waals surface area contributed by atoms with E-state index in [9.17, 15) is 26.4 Å². The van der Waals surface area contributed by atoms with Gasteiger partial charge in [0.15, 0.2) is 0 Å². The molecule has 0 unspecified atom stereocenters. The van der Waals surface area contributed by atoms with E-state index in [1.54, 1.807) is 37.3 Å². The number of hydrogen-bond acceptors (Lipinski definition) is 8. The van der Waals surface area contributed by atoms with Crippen LogP contribution in [0.1, 0.15) is 22.4 Å². The van der Waals surface area contributed by atoms with Crippen molar-refractivity contribution >= 4 is 44.9 Å². The van der Waals surface area contributed by atoms with Crippen LogP contribution < -0.4 is 20.3 Å². The zero-order valence-corrected chi connectivity index (χ0v) is 20.3. The number of fused-ring (bicyclic) bond motifs is 1. The Hall–Kier alpha value is -3.94. The van der Waals surface area contributed by atoms with Crippen LogP contribution in [-0.2, 0) is 34.0 Å². The summed E-state index contributed by atoms with van der Waals surface area (Å²) in [5.41, 5.74) is 1.71. The van der Waals surface area contributed by atoms with Crippen molar-refractivity contribution in [3.05, 3.63) is 58.9 Å². The molecule has 4 rings (SSSR count). The van der Waals surface area contributed by atoms with E-state index >= 15 is 0 Å². The number of carbonyl (C=O) groups is 1. The van der Waals surface area contributed by atoms with Crippen LogP contribution in [0.3, 0.4) is 0 Å². The average Bonchev–Trinajstić information content (AvgIpc) is 3.15. The Morgan fingerprint density at radius 3 is 2.61 bits per heavy atom. The number of sulfonamides is 1. The number of nitrogens with zero attached hydrogens (tertiary/aromatic N) is 4. The molecule has 14 heteroatoms. The average molecular weight is 522 g/mol. The Kier molecular flexibility index (Phi) is 6.47. The summed E-state index contributed by atoms with van der Waals surface area (Å²) in [6.07, 6.45) is -2.88. The molecule has 0 fully saturated rings. The van der Waals surface area contributed by atoms with Crippen LogP contribution in [-0.4, -0.2) is 42.6 Å². The first-order valence-electron chi connectivity index (χ1n) is 10.6. The molecule has 3 N–H and O–H groups in total. The molecule has 1 aliphatic rings. The van der Waals surface area contributed by atoms with Crippen LogP contribution in [0, 0.1) is 6.92 Å². The molecule has 1 aromatic carbocycles. The molecule has 36 heavy (non-hydrogen) atoms. The molecule has 0 atom stereocenters. The van der Waals surface area contributed by atoms with E-state index in [4.69, 9.17) is 0 Å². The molecule has 10 nitrogen and oxygen atoms in total. The lowest BCUT2D eigenvalue weighted by Crippen LogP contribution is -2.27. The van der Waals surface area contributed by atoms with Gasteiger partial charge >= 0.3 is 6.18 Å². The summed E-state index contributed by atoms with van der Waals surface area (Å²) in [7, 11) is -2.34. The first kappa shape index (κ1) is 25.2. The van der Waals surface area contributed by atoms with Crippen LogP contribution in [0.5, 0.6) is 0 Å². The van der Waals surface area contributed by atoms with Crippen molar-refractivity contribution < 1.29 is 26.4 Å². The van der Waals surface area contributed by atoms with Crippen molar-refractivity contribution in [2.45, 2.75) is 26.1 Å². The topological polar surface area (TPSA) is 129 Å². The van der Waals surface area contributed by atoms with Gasteiger partial charge in [0, 0.05) is 42.4 Å². The van der Waals surface area contributed by atoms with Gasteiger partial charge in [-0.3, -0.25) is 9.10 Å². The summed E-state index contributed by atoms with van der Waals surface area (Å²) in [6.45, 7) is 1.49. The second-order valence-corrected chi connectivity index (χ2v) is 10.2. The van der Waals surface area contributed by atoms with E-state index in [-0.39, 0.29) is 30.6 Å². The highest BCUT2D eigenvalue weighted by Crippen LogP contribution is 2.35. The normalized spacial score (nSPS) is 13.2. The molecule has 0 radical (unpaired) electrons. The zero-order chi connectivity index (χ0) is 26.3. The minimum atomic E-state index is -4.74. The third-order valence-electron chi connectivity index (χ3n) is 5.42. The Balaban J connectivity index is 1.63. The maximum Gasteiger partial charge on any atom is 0.421 e. The van der Waals surface area contributed by atoms with Crippen molar-refractivity contribution in [2.24, 2.45) is 0 Å². The predicted octanol–water partition coefficient (Wildman–Crippen LogP) is 3.44. The van der Waals surface area contributed by atoms with Gasteiger partial charge in [0.05, 0.1) is 12.7 Å². The fourth-order valence-electron chi connectivity index (χ4n) is 3.54. The standard InChI is InChI=1S/C22H22F3N7O3S/c1-12-4-5-13(20(28-12)32(2)36(3,34)35)10-26-19-16(22(23,24)25)11-27-21(31-19)29-15-6-7-17-14(8-15)9-18(33)30-17/h4-8,11H,9-10H2,1-3H3,(H,30,33)(H2,26,27,29,31). The van der Waals surface area contributed by atoms with Gasteiger partial charge in [0.2, 0.25) is 21.9 Å². The van der Waals surface area contributed by atoms with Crippen LogP contribution in [0.2, 0.25) is 0 Å². The number of aryl methyl sites for hydroxylation is 1. The maximum absolute atomic E-state index is 13.7. The number of anilines is 5. The Labute approximate surface area is 205 Å². The number of rotatable bonds is 7. The highest BCUT2D eigenvalue weighted by molar-refractivity contribution is 7.92. The lowest BCUT2D eigenvalue weighted by molar-refractivity contribution is -0.137. The largest absolute Gasteiger partial charge is 0.421 e. The summed E-state index contributed by atoms with van der Waals surface area (Å²) in [5.74, 6) is -0.650.